The lowest BCUT2D eigenvalue weighted by molar-refractivity contribution is -0.112. The smallest absolute Gasteiger partial charge is 0.258 e. The summed E-state index contributed by atoms with van der Waals surface area (Å²) in [6.07, 6.45) is 1.90. The van der Waals surface area contributed by atoms with Gasteiger partial charge in [-0.3, -0.25) is 4.79 Å². The zero-order chi connectivity index (χ0) is 16.4. The van der Waals surface area contributed by atoms with E-state index in [1.54, 1.807) is 19.1 Å². The number of amides is 1. The quantitative estimate of drug-likeness (QED) is 0.810. The number of hydrogen-bond acceptors (Lipinski definition) is 3. The van der Waals surface area contributed by atoms with Crippen LogP contribution < -0.4 is 14.4 Å². The van der Waals surface area contributed by atoms with Crippen molar-refractivity contribution in [1.82, 2.24) is 0 Å². The SMILES string of the molecule is CCOc1cc(/C=C2/C(=O)N(C)c3ccccc32)ccc1OC. The minimum Gasteiger partial charge on any atom is -0.493 e. The van der Waals surface area contributed by atoms with Crippen LogP contribution >= 0.6 is 0 Å². The Labute approximate surface area is 135 Å². The molecule has 1 amide bonds. The molecule has 0 bridgehead atoms. The van der Waals surface area contributed by atoms with Crippen LogP contribution in [0, 0.1) is 0 Å². The number of fused-ring (bicyclic) bond motifs is 1. The van der Waals surface area contributed by atoms with Crippen LogP contribution in [0.1, 0.15) is 18.1 Å². The third-order valence-corrected chi connectivity index (χ3v) is 3.89. The summed E-state index contributed by atoms with van der Waals surface area (Å²) in [5, 5.41) is 0. The molecule has 0 atom stereocenters. The number of methoxy groups -OCH3 is 1. The number of rotatable bonds is 4. The van der Waals surface area contributed by atoms with Crippen LogP contribution in [0.3, 0.4) is 0 Å². The number of carbonyl (C=O) groups is 1. The predicted molar refractivity (Wildman–Crippen MR) is 91.9 cm³/mol. The average molecular weight is 309 g/mol. The van der Waals surface area contributed by atoms with Gasteiger partial charge in [0, 0.05) is 18.2 Å². The van der Waals surface area contributed by atoms with Crippen molar-refractivity contribution in [2.24, 2.45) is 0 Å². The maximum absolute atomic E-state index is 12.5. The largest absolute Gasteiger partial charge is 0.493 e. The summed E-state index contributed by atoms with van der Waals surface area (Å²) in [6.45, 7) is 2.48. The van der Waals surface area contributed by atoms with E-state index in [2.05, 4.69) is 0 Å². The van der Waals surface area contributed by atoms with Gasteiger partial charge in [-0.1, -0.05) is 24.3 Å². The Hall–Kier alpha value is -2.75. The molecule has 0 N–H and O–H groups in total. The third-order valence-electron chi connectivity index (χ3n) is 3.89. The summed E-state index contributed by atoms with van der Waals surface area (Å²) < 4.78 is 10.9. The fourth-order valence-electron chi connectivity index (χ4n) is 2.76. The predicted octanol–water partition coefficient (Wildman–Crippen LogP) is 3.61. The van der Waals surface area contributed by atoms with E-state index >= 15 is 0 Å². The fourth-order valence-corrected chi connectivity index (χ4v) is 2.76. The van der Waals surface area contributed by atoms with Gasteiger partial charge in [0.05, 0.1) is 19.4 Å². The second-order valence-corrected chi connectivity index (χ2v) is 5.28. The van der Waals surface area contributed by atoms with Gasteiger partial charge in [-0.2, -0.15) is 0 Å². The van der Waals surface area contributed by atoms with Crippen molar-refractivity contribution < 1.29 is 14.3 Å². The second-order valence-electron chi connectivity index (χ2n) is 5.28. The molecule has 4 heteroatoms. The molecule has 0 saturated heterocycles. The second kappa shape index (κ2) is 6.16. The number of benzene rings is 2. The van der Waals surface area contributed by atoms with Gasteiger partial charge in [0.2, 0.25) is 0 Å². The van der Waals surface area contributed by atoms with E-state index < -0.39 is 0 Å². The van der Waals surface area contributed by atoms with Gasteiger partial charge in [-0.25, -0.2) is 0 Å². The van der Waals surface area contributed by atoms with Crippen molar-refractivity contribution in [3.05, 3.63) is 53.6 Å². The molecule has 0 fully saturated rings. The van der Waals surface area contributed by atoms with E-state index in [4.69, 9.17) is 9.47 Å². The minimum absolute atomic E-state index is 0.0000204. The standard InChI is InChI=1S/C19H19NO3/c1-4-23-18-12-13(9-10-17(18)22-3)11-15-14-7-5-6-8-16(14)20(2)19(15)21/h5-12H,4H2,1-3H3/b15-11+. The topological polar surface area (TPSA) is 38.8 Å². The van der Waals surface area contributed by atoms with Crippen molar-refractivity contribution in [3.8, 4) is 11.5 Å². The van der Waals surface area contributed by atoms with Crippen LogP contribution in [0.5, 0.6) is 11.5 Å². The molecule has 3 rings (SSSR count). The van der Waals surface area contributed by atoms with Crippen LogP contribution in [0.4, 0.5) is 5.69 Å². The number of carbonyl (C=O) groups excluding carboxylic acids is 1. The molecular formula is C19H19NO3. The molecule has 4 nitrogen and oxygen atoms in total. The van der Waals surface area contributed by atoms with Gasteiger partial charge in [0.1, 0.15) is 0 Å². The zero-order valence-electron chi connectivity index (χ0n) is 13.5. The molecule has 0 unspecified atom stereocenters. The molecule has 1 aliphatic rings. The molecule has 1 aliphatic heterocycles. The Morgan fingerprint density at radius 1 is 1.13 bits per heavy atom. The lowest BCUT2D eigenvalue weighted by atomic mass is 10.0. The lowest BCUT2D eigenvalue weighted by Gasteiger charge is -2.10. The first kappa shape index (κ1) is 15.2. The fraction of sp³-hybridized carbons (Fsp3) is 0.211. The van der Waals surface area contributed by atoms with E-state index in [0.29, 0.717) is 23.7 Å². The molecule has 0 spiro atoms. The molecule has 0 saturated carbocycles. The Kier molecular flexibility index (Phi) is 4.06. The summed E-state index contributed by atoms with van der Waals surface area (Å²) in [5.74, 6) is 1.36. The Morgan fingerprint density at radius 2 is 1.91 bits per heavy atom. The van der Waals surface area contributed by atoms with Crippen molar-refractivity contribution >= 4 is 23.2 Å². The van der Waals surface area contributed by atoms with E-state index in [1.165, 1.54) is 0 Å². The highest BCUT2D eigenvalue weighted by Crippen LogP contribution is 2.37. The molecule has 1 heterocycles. The van der Waals surface area contributed by atoms with Crippen LogP contribution in [-0.4, -0.2) is 26.7 Å². The van der Waals surface area contributed by atoms with Gasteiger partial charge in [-0.15, -0.1) is 0 Å². The van der Waals surface area contributed by atoms with Crippen LogP contribution in [0.15, 0.2) is 42.5 Å². The monoisotopic (exact) mass is 309 g/mol. The Balaban J connectivity index is 2.05. The Bertz CT molecular complexity index is 780. The van der Waals surface area contributed by atoms with Crippen molar-refractivity contribution in [2.45, 2.75) is 6.92 Å². The van der Waals surface area contributed by atoms with Crippen molar-refractivity contribution in [2.75, 3.05) is 25.7 Å². The summed E-state index contributed by atoms with van der Waals surface area (Å²) >= 11 is 0. The molecule has 0 radical (unpaired) electrons. The summed E-state index contributed by atoms with van der Waals surface area (Å²) in [7, 11) is 3.41. The number of nitrogens with zero attached hydrogens (tertiary/aromatic N) is 1. The van der Waals surface area contributed by atoms with E-state index in [9.17, 15) is 4.79 Å². The number of likely N-dealkylation sites (N-methyl/N-ethyl adjacent to an activating group) is 1. The maximum atomic E-state index is 12.5. The first-order chi connectivity index (χ1) is 11.2. The number of para-hydroxylation sites is 1. The van der Waals surface area contributed by atoms with Crippen LogP contribution in [0.25, 0.3) is 11.6 Å². The van der Waals surface area contributed by atoms with Gasteiger partial charge >= 0.3 is 0 Å². The Morgan fingerprint density at radius 3 is 2.65 bits per heavy atom. The van der Waals surface area contributed by atoms with Crippen molar-refractivity contribution in [1.29, 1.82) is 0 Å². The number of anilines is 1. The van der Waals surface area contributed by atoms with Gasteiger partial charge in [-0.05, 0) is 36.8 Å². The molecular weight excluding hydrogens is 290 g/mol. The molecule has 118 valence electrons. The molecule has 2 aromatic rings. The number of ether oxygens (including phenoxy) is 2. The first-order valence-electron chi connectivity index (χ1n) is 7.55. The van der Waals surface area contributed by atoms with Gasteiger partial charge < -0.3 is 14.4 Å². The normalized spacial score (nSPS) is 15.0. The molecule has 2 aromatic carbocycles. The average Bonchev–Trinajstić information content (AvgIpc) is 2.81. The maximum Gasteiger partial charge on any atom is 0.258 e. The minimum atomic E-state index is -0.0000204. The summed E-state index contributed by atoms with van der Waals surface area (Å²) in [4.78, 5) is 14.2. The lowest BCUT2D eigenvalue weighted by Crippen LogP contribution is -2.20. The summed E-state index contributed by atoms with van der Waals surface area (Å²) in [5.41, 5.74) is 3.48. The van der Waals surface area contributed by atoms with E-state index in [-0.39, 0.29) is 5.91 Å². The highest BCUT2D eigenvalue weighted by molar-refractivity contribution is 6.35. The molecule has 0 aromatic heterocycles. The molecule has 0 aliphatic carbocycles. The molecule has 23 heavy (non-hydrogen) atoms. The highest BCUT2D eigenvalue weighted by atomic mass is 16.5. The van der Waals surface area contributed by atoms with Crippen LogP contribution in [-0.2, 0) is 4.79 Å². The van der Waals surface area contributed by atoms with Crippen LogP contribution in [0.2, 0.25) is 0 Å². The van der Waals surface area contributed by atoms with Crippen molar-refractivity contribution in [3.63, 3.8) is 0 Å². The summed E-state index contributed by atoms with van der Waals surface area (Å²) in [6, 6.07) is 13.5. The van der Waals surface area contributed by atoms with E-state index in [1.807, 2.05) is 55.5 Å². The third kappa shape index (κ3) is 2.68. The van der Waals surface area contributed by atoms with Gasteiger partial charge in [0.25, 0.3) is 5.91 Å². The first-order valence-corrected chi connectivity index (χ1v) is 7.55. The van der Waals surface area contributed by atoms with E-state index in [0.717, 1.165) is 16.8 Å². The van der Waals surface area contributed by atoms with Gasteiger partial charge in [0.15, 0.2) is 11.5 Å². The number of hydrogen-bond donors (Lipinski definition) is 0. The zero-order valence-corrected chi connectivity index (χ0v) is 13.5. The highest BCUT2D eigenvalue weighted by Gasteiger charge is 2.29.